The van der Waals surface area contributed by atoms with Gasteiger partial charge in [-0.15, -0.1) is 0 Å². The maximum Gasteiger partial charge on any atom is 0.148 e. The summed E-state index contributed by atoms with van der Waals surface area (Å²) in [5.74, 6) is 7.81. The molecule has 2 aromatic rings. The van der Waals surface area contributed by atoms with Gasteiger partial charge in [-0.1, -0.05) is 6.92 Å². The summed E-state index contributed by atoms with van der Waals surface area (Å²) in [7, 11) is 3.61. The van der Waals surface area contributed by atoms with E-state index in [1.54, 1.807) is 7.11 Å². The summed E-state index contributed by atoms with van der Waals surface area (Å²) in [6.45, 7) is 2.05. The summed E-state index contributed by atoms with van der Waals surface area (Å²) in [4.78, 5) is 10.5. The Balaban J connectivity index is 2.39. The van der Waals surface area contributed by atoms with Gasteiger partial charge in [0.25, 0.3) is 0 Å². The lowest BCUT2D eigenvalue weighted by Crippen LogP contribution is -2.17. The molecule has 0 unspecified atom stereocenters. The van der Waals surface area contributed by atoms with Crippen molar-refractivity contribution in [2.24, 2.45) is 5.84 Å². The van der Waals surface area contributed by atoms with E-state index >= 15 is 0 Å². The Morgan fingerprint density at radius 3 is 2.50 bits per heavy atom. The lowest BCUT2D eigenvalue weighted by Gasteiger charge is -2.22. The minimum atomic E-state index is 0.651. The molecule has 0 saturated heterocycles. The molecule has 0 radical (unpaired) electrons. The maximum atomic E-state index is 5.50. The zero-order valence-electron chi connectivity index (χ0n) is 11.9. The fourth-order valence-corrected chi connectivity index (χ4v) is 2.07. The molecule has 6 nitrogen and oxygen atoms in total. The van der Waals surface area contributed by atoms with Crippen LogP contribution in [0.2, 0.25) is 0 Å². The first-order valence-corrected chi connectivity index (χ1v) is 6.39. The first-order chi connectivity index (χ1) is 9.71. The van der Waals surface area contributed by atoms with Gasteiger partial charge >= 0.3 is 0 Å². The van der Waals surface area contributed by atoms with Crippen molar-refractivity contribution in [3.63, 3.8) is 0 Å². The van der Waals surface area contributed by atoms with Crippen molar-refractivity contribution in [3.8, 4) is 5.75 Å². The zero-order valence-corrected chi connectivity index (χ0v) is 11.9. The van der Waals surface area contributed by atoms with Crippen LogP contribution in [0.25, 0.3) is 0 Å². The highest BCUT2D eigenvalue weighted by Crippen LogP contribution is 2.29. The molecule has 20 heavy (non-hydrogen) atoms. The summed E-state index contributed by atoms with van der Waals surface area (Å²) >= 11 is 0. The van der Waals surface area contributed by atoms with Crippen LogP contribution in [0.3, 0.4) is 0 Å². The summed E-state index contributed by atoms with van der Waals surface area (Å²) in [5, 5.41) is 0. The number of hydrazine groups is 1. The van der Waals surface area contributed by atoms with Gasteiger partial charge in [0, 0.05) is 18.3 Å². The van der Waals surface area contributed by atoms with Crippen LogP contribution < -0.4 is 20.9 Å². The van der Waals surface area contributed by atoms with Crippen LogP contribution in [0.15, 0.2) is 30.6 Å². The van der Waals surface area contributed by atoms with Crippen LogP contribution in [0.4, 0.5) is 17.3 Å². The van der Waals surface area contributed by atoms with Crippen molar-refractivity contribution in [3.05, 3.63) is 36.2 Å². The number of methoxy groups -OCH3 is 1. The van der Waals surface area contributed by atoms with Crippen molar-refractivity contribution >= 4 is 17.3 Å². The Morgan fingerprint density at radius 2 is 1.95 bits per heavy atom. The third-order valence-electron chi connectivity index (χ3n) is 3.19. The number of hydrogen-bond acceptors (Lipinski definition) is 6. The number of ether oxygens (including phenoxy) is 1. The predicted octanol–water partition coefficient (Wildman–Crippen LogP) is 2.10. The molecule has 0 saturated carbocycles. The second-order valence-electron chi connectivity index (χ2n) is 4.28. The summed E-state index contributed by atoms with van der Waals surface area (Å²) in [6, 6.07) is 7.80. The molecule has 1 aromatic carbocycles. The first-order valence-electron chi connectivity index (χ1n) is 6.39. The van der Waals surface area contributed by atoms with Gasteiger partial charge in [-0.2, -0.15) is 0 Å². The van der Waals surface area contributed by atoms with E-state index in [2.05, 4.69) is 15.4 Å². The van der Waals surface area contributed by atoms with Crippen molar-refractivity contribution in [2.45, 2.75) is 13.3 Å². The van der Waals surface area contributed by atoms with Crippen LogP contribution in [0.1, 0.15) is 12.5 Å². The number of anilines is 3. The maximum absolute atomic E-state index is 5.50. The number of nitrogen functional groups attached to an aromatic ring is 1. The molecule has 0 amide bonds. The van der Waals surface area contributed by atoms with E-state index in [1.165, 1.54) is 6.33 Å². The summed E-state index contributed by atoms with van der Waals surface area (Å²) < 4.78 is 5.17. The van der Waals surface area contributed by atoms with Crippen LogP contribution in [-0.4, -0.2) is 24.1 Å². The molecular weight excluding hydrogens is 254 g/mol. The summed E-state index contributed by atoms with van der Waals surface area (Å²) in [6.07, 6.45) is 2.29. The van der Waals surface area contributed by atoms with E-state index < -0.39 is 0 Å². The monoisotopic (exact) mass is 273 g/mol. The molecule has 2 rings (SSSR count). The number of nitrogens with zero attached hydrogens (tertiary/aromatic N) is 3. The number of hydrogen-bond donors (Lipinski definition) is 2. The van der Waals surface area contributed by atoms with Crippen molar-refractivity contribution in [2.75, 3.05) is 24.5 Å². The van der Waals surface area contributed by atoms with Crippen molar-refractivity contribution in [1.82, 2.24) is 9.97 Å². The van der Waals surface area contributed by atoms with Gasteiger partial charge < -0.3 is 15.1 Å². The van der Waals surface area contributed by atoms with E-state index in [-0.39, 0.29) is 0 Å². The number of benzene rings is 1. The number of nitrogens with two attached hydrogens (primary N) is 1. The van der Waals surface area contributed by atoms with E-state index in [4.69, 9.17) is 10.6 Å². The lowest BCUT2D eigenvalue weighted by atomic mass is 10.2. The minimum Gasteiger partial charge on any atom is -0.497 e. The quantitative estimate of drug-likeness (QED) is 0.642. The molecule has 106 valence electrons. The Morgan fingerprint density at radius 1 is 1.25 bits per heavy atom. The molecule has 0 atom stereocenters. The van der Waals surface area contributed by atoms with Crippen molar-refractivity contribution in [1.29, 1.82) is 0 Å². The highest BCUT2D eigenvalue weighted by atomic mass is 16.5. The summed E-state index contributed by atoms with van der Waals surface area (Å²) in [5.41, 5.74) is 4.61. The molecule has 0 aliphatic rings. The Hall–Kier alpha value is -2.34. The van der Waals surface area contributed by atoms with Crippen molar-refractivity contribution < 1.29 is 4.74 Å². The standard InChI is InChI=1S/C14H19N5O/c1-4-12-13(18-15)16-9-17-14(12)19(2)10-5-7-11(20-3)8-6-10/h5-9H,4,15H2,1-3H3,(H,16,17,18). The molecule has 3 N–H and O–H groups in total. The van der Waals surface area contributed by atoms with Gasteiger partial charge in [0.2, 0.25) is 0 Å². The third kappa shape index (κ3) is 2.65. The predicted molar refractivity (Wildman–Crippen MR) is 80.3 cm³/mol. The number of nitrogens with one attached hydrogen (secondary N) is 1. The fraction of sp³-hybridized carbons (Fsp3) is 0.286. The molecule has 0 aliphatic carbocycles. The second-order valence-corrected chi connectivity index (χ2v) is 4.28. The molecule has 1 heterocycles. The molecule has 0 bridgehead atoms. The second kappa shape index (κ2) is 6.21. The van der Waals surface area contributed by atoms with Crippen LogP contribution in [0.5, 0.6) is 5.75 Å². The number of aromatic nitrogens is 2. The van der Waals surface area contributed by atoms with Crippen LogP contribution in [-0.2, 0) is 6.42 Å². The van der Waals surface area contributed by atoms with Gasteiger partial charge in [0.15, 0.2) is 0 Å². The van der Waals surface area contributed by atoms with Gasteiger partial charge in [-0.3, -0.25) is 0 Å². The van der Waals surface area contributed by atoms with Gasteiger partial charge in [0.05, 0.1) is 7.11 Å². The highest BCUT2D eigenvalue weighted by molar-refractivity contribution is 5.67. The molecule has 0 fully saturated rings. The molecule has 0 aliphatic heterocycles. The SMILES string of the molecule is CCc1c(NN)ncnc1N(C)c1ccc(OC)cc1. The fourth-order valence-electron chi connectivity index (χ4n) is 2.07. The van der Waals surface area contributed by atoms with Crippen LogP contribution >= 0.6 is 0 Å². The Labute approximate surface area is 118 Å². The van der Waals surface area contributed by atoms with E-state index in [0.717, 1.165) is 29.2 Å². The topological polar surface area (TPSA) is 76.3 Å². The zero-order chi connectivity index (χ0) is 14.5. The number of rotatable bonds is 5. The van der Waals surface area contributed by atoms with E-state index in [9.17, 15) is 0 Å². The average Bonchev–Trinajstić information content (AvgIpc) is 2.53. The Kier molecular flexibility index (Phi) is 4.37. The van der Waals surface area contributed by atoms with Crippen LogP contribution in [0, 0.1) is 0 Å². The van der Waals surface area contributed by atoms with E-state index in [0.29, 0.717) is 5.82 Å². The molecular formula is C14H19N5O. The first kappa shape index (κ1) is 14.1. The molecule has 6 heteroatoms. The van der Waals surface area contributed by atoms with Gasteiger partial charge in [-0.05, 0) is 30.7 Å². The lowest BCUT2D eigenvalue weighted by molar-refractivity contribution is 0.415. The van der Waals surface area contributed by atoms with Gasteiger partial charge in [-0.25, -0.2) is 15.8 Å². The largest absolute Gasteiger partial charge is 0.497 e. The Bertz CT molecular complexity index is 570. The third-order valence-corrected chi connectivity index (χ3v) is 3.19. The highest BCUT2D eigenvalue weighted by Gasteiger charge is 2.14. The average molecular weight is 273 g/mol. The molecule has 1 aromatic heterocycles. The van der Waals surface area contributed by atoms with Gasteiger partial charge in [0.1, 0.15) is 23.7 Å². The van der Waals surface area contributed by atoms with E-state index in [1.807, 2.05) is 43.1 Å². The normalized spacial score (nSPS) is 10.2. The minimum absolute atomic E-state index is 0.651. The molecule has 0 spiro atoms. The smallest absolute Gasteiger partial charge is 0.148 e.